The number of halogens is 4. The van der Waals surface area contributed by atoms with Crippen molar-refractivity contribution in [1.82, 2.24) is 4.98 Å². The van der Waals surface area contributed by atoms with E-state index in [-0.39, 0.29) is 17.1 Å². The van der Waals surface area contributed by atoms with E-state index in [2.05, 4.69) is 25.7 Å². The predicted molar refractivity (Wildman–Crippen MR) is 62.6 cm³/mol. The number of esters is 1. The van der Waals surface area contributed by atoms with Gasteiger partial charge in [0.05, 0.1) is 29.8 Å². The molecule has 7 heteroatoms. The van der Waals surface area contributed by atoms with E-state index in [4.69, 9.17) is 11.6 Å². The van der Waals surface area contributed by atoms with Crippen molar-refractivity contribution in [3.8, 4) is 0 Å². The molecule has 0 fully saturated rings. The first-order valence-corrected chi connectivity index (χ1v) is 6.08. The first-order valence-electron chi connectivity index (χ1n) is 4.58. The Hall–Kier alpha value is -0.750. The van der Waals surface area contributed by atoms with E-state index < -0.39 is 18.0 Å². The summed E-state index contributed by atoms with van der Waals surface area (Å²) in [7, 11) is 1.18. The van der Waals surface area contributed by atoms with E-state index in [1.807, 2.05) is 0 Å². The third-order valence-electron chi connectivity index (χ3n) is 2.11. The molecule has 1 heterocycles. The number of hydrogen-bond donors (Lipinski definition) is 0. The molecule has 3 nitrogen and oxygen atoms in total. The molecule has 1 aromatic rings. The molecule has 0 atom stereocenters. The molecule has 0 saturated carbocycles. The van der Waals surface area contributed by atoms with Crippen molar-refractivity contribution in [1.29, 1.82) is 0 Å². The Balaban J connectivity index is 3.21. The summed E-state index contributed by atoms with van der Waals surface area (Å²) in [5, 5.41) is 0.252. The van der Waals surface area contributed by atoms with Crippen LogP contribution in [0.15, 0.2) is 6.20 Å². The molecule has 1 aromatic heterocycles. The number of pyridine rings is 1. The lowest BCUT2D eigenvalue weighted by Crippen LogP contribution is -2.10. The second-order valence-electron chi connectivity index (χ2n) is 3.15. The maximum Gasteiger partial charge on any atom is 0.311 e. The highest BCUT2D eigenvalue weighted by Gasteiger charge is 2.22. The molecule has 0 amide bonds. The predicted octanol–water partition coefficient (Wildman–Crippen LogP) is 3.28. The average molecular weight is 329 g/mol. The topological polar surface area (TPSA) is 39.2 Å². The largest absolute Gasteiger partial charge is 0.469 e. The van der Waals surface area contributed by atoms with Gasteiger partial charge < -0.3 is 4.74 Å². The van der Waals surface area contributed by atoms with Crippen LogP contribution in [0.1, 0.15) is 23.2 Å². The van der Waals surface area contributed by atoms with Crippen LogP contribution in [0.25, 0.3) is 0 Å². The Morgan fingerprint density at radius 1 is 1.65 bits per heavy atom. The van der Waals surface area contributed by atoms with Crippen molar-refractivity contribution in [2.75, 3.05) is 7.11 Å². The molecule has 0 unspecified atom stereocenters. The van der Waals surface area contributed by atoms with Crippen LogP contribution in [-0.2, 0) is 21.3 Å². The molecular formula is C10H9BrClF2NO2. The zero-order valence-electron chi connectivity index (χ0n) is 8.84. The van der Waals surface area contributed by atoms with Crippen LogP contribution < -0.4 is 0 Å². The van der Waals surface area contributed by atoms with Crippen molar-refractivity contribution >= 4 is 33.5 Å². The molecule has 94 valence electrons. The number of hydrogen-bond acceptors (Lipinski definition) is 3. The summed E-state index contributed by atoms with van der Waals surface area (Å²) in [5.74, 6) is -0.637. The molecule has 0 aliphatic rings. The summed E-state index contributed by atoms with van der Waals surface area (Å²) in [6.07, 6.45) is -1.74. The van der Waals surface area contributed by atoms with Gasteiger partial charge in [0.25, 0.3) is 6.43 Å². The van der Waals surface area contributed by atoms with E-state index in [0.29, 0.717) is 10.9 Å². The first kappa shape index (κ1) is 14.3. The Morgan fingerprint density at radius 3 is 2.76 bits per heavy atom. The summed E-state index contributed by atoms with van der Waals surface area (Å²) >= 11 is 8.95. The zero-order chi connectivity index (χ0) is 13.0. The number of alkyl halides is 3. The van der Waals surface area contributed by atoms with Gasteiger partial charge in [-0.05, 0) is 0 Å². The molecule has 17 heavy (non-hydrogen) atoms. The lowest BCUT2D eigenvalue weighted by atomic mass is 10.1. The molecule has 0 aliphatic carbocycles. The van der Waals surface area contributed by atoms with E-state index >= 15 is 0 Å². The minimum absolute atomic E-state index is 0.0541. The molecule has 0 spiro atoms. The highest BCUT2D eigenvalue weighted by Crippen LogP contribution is 2.33. The zero-order valence-corrected chi connectivity index (χ0v) is 11.2. The Morgan fingerprint density at radius 2 is 2.29 bits per heavy atom. The molecule has 0 aromatic carbocycles. The number of rotatable bonds is 4. The van der Waals surface area contributed by atoms with E-state index in [9.17, 15) is 13.6 Å². The number of carbonyl (C=O) groups is 1. The van der Waals surface area contributed by atoms with Gasteiger partial charge in [0.15, 0.2) is 0 Å². The van der Waals surface area contributed by atoms with Gasteiger partial charge in [0.2, 0.25) is 0 Å². The fourth-order valence-electron chi connectivity index (χ4n) is 1.25. The first-order chi connectivity index (χ1) is 8.01. The Labute approximate surface area is 110 Å². The Bertz CT molecular complexity index is 429. The van der Waals surface area contributed by atoms with Gasteiger partial charge in [-0.25, -0.2) is 8.78 Å². The molecule has 0 saturated heterocycles. The normalized spacial score (nSPS) is 10.7. The Kier molecular flexibility index (Phi) is 5.27. The molecule has 0 aliphatic heterocycles. The number of nitrogens with zero attached hydrogens (tertiary/aromatic N) is 1. The maximum atomic E-state index is 12.9. The van der Waals surface area contributed by atoms with Gasteiger partial charge in [-0.3, -0.25) is 9.78 Å². The molecular weight excluding hydrogens is 319 g/mol. The lowest BCUT2D eigenvalue weighted by Gasteiger charge is -2.11. The van der Waals surface area contributed by atoms with Crippen molar-refractivity contribution in [2.24, 2.45) is 0 Å². The third-order valence-corrected chi connectivity index (χ3v) is 3.16. The van der Waals surface area contributed by atoms with Crippen LogP contribution in [0.2, 0.25) is 5.02 Å². The third kappa shape index (κ3) is 3.35. The summed E-state index contributed by atoms with van der Waals surface area (Å²) in [6.45, 7) is 0. The smallest absolute Gasteiger partial charge is 0.311 e. The second kappa shape index (κ2) is 6.26. The minimum Gasteiger partial charge on any atom is -0.469 e. The fourth-order valence-corrected chi connectivity index (χ4v) is 2.14. The highest BCUT2D eigenvalue weighted by atomic mass is 79.9. The van der Waals surface area contributed by atoms with Crippen molar-refractivity contribution in [3.63, 3.8) is 0 Å². The number of aromatic nitrogens is 1. The van der Waals surface area contributed by atoms with Crippen LogP contribution >= 0.6 is 27.5 Å². The van der Waals surface area contributed by atoms with Gasteiger partial charge in [-0.1, -0.05) is 27.5 Å². The fraction of sp³-hybridized carbons (Fsp3) is 0.400. The molecule has 0 N–H and O–H groups in total. The van der Waals surface area contributed by atoms with Gasteiger partial charge in [-0.2, -0.15) is 0 Å². The van der Waals surface area contributed by atoms with Crippen LogP contribution in [0.5, 0.6) is 0 Å². The van der Waals surface area contributed by atoms with Gasteiger partial charge in [0, 0.05) is 17.1 Å². The molecule has 0 bridgehead atoms. The van der Waals surface area contributed by atoms with E-state index in [0.717, 1.165) is 0 Å². The van der Waals surface area contributed by atoms with Crippen LogP contribution in [-0.4, -0.2) is 18.1 Å². The van der Waals surface area contributed by atoms with Gasteiger partial charge in [0.1, 0.15) is 0 Å². The number of ether oxygens (including phenoxy) is 1. The second-order valence-corrected chi connectivity index (χ2v) is 4.08. The van der Waals surface area contributed by atoms with Crippen molar-refractivity contribution in [3.05, 3.63) is 28.0 Å². The average Bonchev–Trinajstić information content (AvgIpc) is 2.28. The standard InChI is InChI=1S/C10H9BrClF2NO2/c1-17-7(16)2-6-8(10(13)14)9(12)5(3-11)4-15-6/h4,10H,2-3H2,1H3. The SMILES string of the molecule is COC(=O)Cc1ncc(CBr)c(Cl)c1C(F)F. The number of methoxy groups -OCH3 is 1. The van der Waals surface area contributed by atoms with E-state index in [1.165, 1.54) is 13.3 Å². The van der Waals surface area contributed by atoms with Crippen LogP contribution in [0.3, 0.4) is 0 Å². The van der Waals surface area contributed by atoms with Crippen molar-refractivity contribution < 1.29 is 18.3 Å². The van der Waals surface area contributed by atoms with Crippen LogP contribution in [0, 0.1) is 0 Å². The molecule has 0 radical (unpaired) electrons. The summed E-state index contributed by atoms with van der Waals surface area (Å²) < 4.78 is 30.1. The van der Waals surface area contributed by atoms with E-state index in [1.54, 1.807) is 0 Å². The van der Waals surface area contributed by atoms with Crippen LogP contribution in [0.4, 0.5) is 8.78 Å². The summed E-state index contributed by atoms with van der Waals surface area (Å²) in [6, 6.07) is 0. The van der Waals surface area contributed by atoms with Crippen molar-refractivity contribution in [2.45, 2.75) is 18.2 Å². The number of carbonyl (C=O) groups excluding carboxylic acids is 1. The quantitative estimate of drug-likeness (QED) is 0.629. The molecule has 1 rings (SSSR count). The summed E-state index contributed by atoms with van der Waals surface area (Å²) in [5.41, 5.74) is -0.00820. The summed E-state index contributed by atoms with van der Waals surface area (Å²) in [4.78, 5) is 14.9. The van der Waals surface area contributed by atoms with Gasteiger partial charge >= 0.3 is 5.97 Å². The monoisotopic (exact) mass is 327 g/mol. The minimum atomic E-state index is -2.78. The lowest BCUT2D eigenvalue weighted by molar-refractivity contribution is -0.139. The highest BCUT2D eigenvalue weighted by molar-refractivity contribution is 9.08. The maximum absolute atomic E-state index is 12.9. The van der Waals surface area contributed by atoms with Gasteiger partial charge in [-0.15, -0.1) is 0 Å².